The highest BCUT2D eigenvalue weighted by atomic mass is 16.2. The number of carbonyl (C=O) groups excluding carboxylic acids is 2. The molecule has 2 amide bonds. The van der Waals surface area contributed by atoms with Crippen LogP contribution in [-0.2, 0) is 9.59 Å². The largest absolute Gasteiger partial charge is 0.344 e. The van der Waals surface area contributed by atoms with E-state index in [9.17, 15) is 9.59 Å². The second kappa shape index (κ2) is 7.02. The molecule has 0 saturated heterocycles. The standard InChI is InChI=1S/C16H21N3O2/c1-3-7-13(12-8-5-4-6-9-12)17-16(21)14-10-11-15(20)19(2)18-14/h4-6,8-9,13H,3,7,10-11H2,1-2H3,(H,17,21)/t13-/m1/s1. The van der Waals surface area contributed by atoms with Crippen LogP contribution in [0.2, 0.25) is 0 Å². The van der Waals surface area contributed by atoms with Gasteiger partial charge in [-0.15, -0.1) is 0 Å². The zero-order valence-corrected chi connectivity index (χ0v) is 12.5. The van der Waals surface area contributed by atoms with E-state index in [0.29, 0.717) is 18.6 Å². The van der Waals surface area contributed by atoms with Crippen molar-refractivity contribution in [3.63, 3.8) is 0 Å². The molecule has 0 unspecified atom stereocenters. The maximum absolute atomic E-state index is 12.3. The molecule has 5 heteroatoms. The SMILES string of the molecule is CCC[C@@H](NC(=O)C1=NN(C)C(=O)CC1)c1ccccc1. The van der Waals surface area contributed by atoms with E-state index in [1.54, 1.807) is 7.05 Å². The Labute approximate surface area is 125 Å². The van der Waals surface area contributed by atoms with Gasteiger partial charge >= 0.3 is 0 Å². The van der Waals surface area contributed by atoms with Crippen LogP contribution in [0.3, 0.4) is 0 Å². The number of rotatable bonds is 5. The third-order valence-corrected chi connectivity index (χ3v) is 3.55. The fraction of sp³-hybridized carbons (Fsp3) is 0.438. The molecular weight excluding hydrogens is 266 g/mol. The summed E-state index contributed by atoms with van der Waals surface area (Å²) in [5, 5.41) is 8.34. The average molecular weight is 287 g/mol. The van der Waals surface area contributed by atoms with E-state index in [1.807, 2.05) is 30.3 Å². The Hall–Kier alpha value is -2.17. The molecule has 1 aliphatic heterocycles. The van der Waals surface area contributed by atoms with E-state index >= 15 is 0 Å². The molecule has 0 fully saturated rings. The van der Waals surface area contributed by atoms with Gasteiger partial charge in [-0.3, -0.25) is 9.59 Å². The van der Waals surface area contributed by atoms with E-state index in [-0.39, 0.29) is 17.9 Å². The number of carbonyl (C=O) groups is 2. The second-order valence-corrected chi connectivity index (χ2v) is 5.19. The number of nitrogens with zero attached hydrogens (tertiary/aromatic N) is 2. The molecule has 1 heterocycles. The van der Waals surface area contributed by atoms with Crippen LogP contribution in [0.1, 0.15) is 44.2 Å². The first-order valence-electron chi connectivity index (χ1n) is 7.31. The lowest BCUT2D eigenvalue weighted by atomic mass is 10.0. The van der Waals surface area contributed by atoms with Crippen LogP contribution in [0, 0.1) is 0 Å². The zero-order valence-electron chi connectivity index (χ0n) is 12.5. The highest BCUT2D eigenvalue weighted by Gasteiger charge is 2.23. The summed E-state index contributed by atoms with van der Waals surface area (Å²) in [6.07, 6.45) is 2.59. The van der Waals surface area contributed by atoms with Crippen LogP contribution in [0.4, 0.5) is 0 Å². The Morgan fingerprint density at radius 3 is 2.67 bits per heavy atom. The molecule has 2 rings (SSSR count). The van der Waals surface area contributed by atoms with Gasteiger partial charge in [0, 0.05) is 19.9 Å². The number of hydrogen-bond acceptors (Lipinski definition) is 3. The predicted octanol–water partition coefficient (Wildman–Crippen LogP) is 2.25. The molecule has 21 heavy (non-hydrogen) atoms. The first kappa shape index (κ1) is 15.2. The lowest BCUT2D eigenvalue weighted by molar-refractivity contribution is -0.130. The van der Waals surface area contributed by atoms with Gasteiger partial charge in [0.25, 0.3) is 5.91 Å². The highest BCUT2D eigenvalue weighted by molar-refractivity contribution is 6.39. The average Bonchev–Trinajstić information content (AvgIpc) is 2.50. The molecule has 1 aromatic carbocycles. The topological polar surface area (TPSA) is 61.8 Å². The predicted molar refractivity (Wildman–Crippen MR) is 81.7 cm³/mol. The summed E-state index contributed by atoms with van der Waals surface area (Å²) in [5.74, 6) is -0.239. The Morgan fingerprint density at radius 1 is 1.33 bits per heavy atom. The number of hydrogen-bond donors (Lipinski definition) is 1. The smallest absolute Gasteiger partial charge is 0.267 e. The number of hydrazone groups is 1. The molecule has 5 nitrogen and oxygen atoms in total. The van der Waals surface area contributed by atoms with Crippen LogP contribution >= 0.6 is 0 Å². The maximum Gasteiger partial charge on any atom is 0.267 e. The Balaban J connectivity index is 2.09. The molecule has 0 saturated carbocycles. The van der Waals surface area contributed by atoms with Gasteiger partial charge in [-0.1, -0.05) is 43.7 Å². The quantitative estimate of drug-likeness (QED) is 0.903. The second-order valence-electron chi connectivity index (χ2n) is 5.19. The van der Waals surface area contributed by atoms with Crippen molar-refractivity contribution in [2.24, 2.45) is 5.10 Å². The summed E-state index contributed by atoms with van der Waals surface area (Å²) in [6, 6.07) is 9.90. The van der Waals surface area contributed by atoms with E-state index < -0.39 is 0 Å². The number of nitrogens with one attached hydrogen (secondary N) is 1. The van der Waals surface area contributed by atoms with Gasteiger partial charge in [0.05, 0.1) is 6.04 Å². The van der Waals surface area contributed by atoms with Crippen molar-refractivity contribution >= 4 is 17.5 Å². The lowest BCUT2D eigenvalue weighted by Gasteiger charge is -2.22. The van der Waals surface area contributed by atoms with Crippen molar-refractivity contribution in [2.75, 3.05) is 7.05 Å². The molecule has 0 aromatic heterocycles. The van der Waals surface area contributed by atoms with Gasteiger partial charge < -0.3 is 5.32 Å². The fourth-order valence-corrected chi connectivity index (χ4v) is 2.37. The van der Waals surface area contributed by atoms with Gasteiger partial charge in [0.1, 0.15) is 5.71 Å². The number of amides is 2. The van der Waals surface area contributed by atoms with Gasteiger partial charge in [-0.25, -0.2) is 5.01 Å². The van der Waals surface area contributed by atoms with Crippen LogP contribution in [0.5, 0.6) is 0 Å². The summed E-state index contributed by atoms with van der Waals surface area (Å²) in [4.78, 5) is 23.7. The Bertz CT molecular complexity index is 540. The fourth-order valence-electron chi connectivity index (χ4n) is 2.37. The normalized spacial score (nSPS) is 16.4. The molecule has 0 radical (unpaired) electrons. The summed E-state index contributed by atoms with van der Waals surface area (Å²) in [7, 11) is 1.58. The summed E-state index contributed by atoms with van der Waals surface area (Å²) in [5.41, 5.74) is 1.52. The molecule has 0 bridgehead atoms. The third kappa shape index (κ3) is 3.90. The highest BCUT2D eigenvalue weighted by Crippen LogP contribution is 2.18. The minimum atomic E-state index is -0.184. The molecule has 1 aromatic rings. The van der Waals surface area contributed by atoms with Crippen molar-refractivity contribution in [1.82, 2.24) is 10.3 Å². The van der Waals surface area contributed by atoms with E-state index in [1.165, 1.54) is 5.01 Å². The zero-order chi connectivity index (χ0) is 15.2. The molecule has 0 spiro atoms. The van der Waals surface area contributed by atoms with E-state index in [0.717, 1.165) is 18.4 Å². The Kier molecular flexibility index (Phi) is 5.09. The minimum Gasteiger partial charge on any atom is -0.344 e. The van der Waals surface area contributed by atoms with Gasteiger partial charge in [0.15, 0.2) is 0 Å². The van der Waals surface area contributed by atoms with Crippen molar-refractivity contribution in [2.45, 2.75) is 38.6 Å². The van der Waals surface area contributed by atoms with E-state index in [2.05, 4.69) is 17.3 Å². The third-order valence-electron chi connectivity index (χ3n) is 3.55. The Morgan fingerprint density at radius 2 is 2.05 bits per heavy atom. The summed E-state index contributed by atoms with van der Waals surface area (Å²) in [6.45, 7) is 2.09. The summed E-state index contributed by atoms with van der Waals surface area (Å²) >= 11 is 0. The number of benzene rings is 1. The molecule has 1 aliphatic rings. The van der Waals surface area contributed by atoms with Crippen LogP contribution in [-0.4, -0.2) is 29.6 Å². The lowest BCUT2D eigenvalue weighted by Crippen LogP contribution is -2.39. The molecule has 112 valence electrons. The van der Waals surface area contributed by atoms with Gasteiger partial charge in [0.2, 0.25) is 5.91 Å². The van der Waals surface area contributed by atoms with Crippen molar-refractivity contribution in [1.29, 1.82) is 0 Å². The van der Waals surface area contributed by atoms with Crippen LogP contribution < -0.4 is 5.32 Å². The first-order chi connectivity index (χ1) is 10.1. The maximum atomic E-state index is 12.3. The molecule has 1 N–H and O–H groups in total. The van der Waals surface area contributed by atoms with E-state index in [4.69, 9.17) is 0 Å². The van der Waals surface area contributed by atoms with Crippen molar-refractivity contribution in [3.8, 4) is 0 Å². The van der Waals surface area contributed by atoms with Crippen molar-refractivity contribution in [3.05, 3.63) is 35.9 Å². The monoisotopic (exact) mass is 287 g/mol. The first-order valence-corrected chi connectivity index (χ1v) is 7.31. The van der Waals surface area contributed by atoms with Crippen LogP contribution in [0.15, 0.2) is 35.4 Å². The molecule has 0 aliphatic carbocycles. The molecular formula is C16H21N3O2. The van der Waals surface area contributed by atoms with Crippen LogP contribution in [0.25, 0.3) is 0 Å². The van der Waals surface area contributed by atoms with Gasteiger partial charge in [-0.05, 0) is 12.0 Å². The minimum absolute atomic E-state index is 0.0191. The van der Waals surface area contributed by atoms with Crippen molar-refractivity contribution < 1.29 is 9.59 Å². The van der Waals surface area contributed by atoms with Gasteiger partial charge in [-0.2, -0.15) is 5.10 Å². The molecule has 1 atom stereocenters. The summed E-state index contributed by atoms with van der Waals surface area (Å²) < 4.78 is 0.